The van der Waals surface area contributed by atoms with Crippen LogP contribution in [-0.4, -0.2) is 58.8 Å². The van der Waals surface area contributed by atoms with Gasteiger partial charge >= 0.3 is 6.03 Å². The number of likely N-dealkylation sites (tertiary alicyclic amines) is 1. The fourth-order valence-electron chi connectivity index (χ4n) is 3.94. The maximum absolute atomic E-state index is 12.8. The van der Waals surface area contributed by atoms with Crippen LogP contribution >= 0.6 is 0 Å². The molecule has 2 atom stereocenters. The monoisotopic (exact) mass is 333 g/mol. The number of nitrogens with zero attached hydrogens (tertiary/aromatic N) is 4. The van der Waals surface area contributed by atoms with Gasteiger partial charge in [0.15, 0.2) is 0 Å². The lowest BCUT2D eigenvalue weighted by molar-refractivity contribution is 0.113. The van der Waals surface area contributed by atoms with Crippen LogP contribution in [0.3, 0.4) is 0 Å². The Morgan fingerprint density at radius 2 is 2.17 bits per heavy atom. The molecule has 1 aromatic heterocycles. The van der Waals surface area contributed by atoms with Crippen molar-refractivity contribution in [2.24, 2.45) is 5.92 Å². The van der Waals surface area contributed by atoms with Crippen LogP contribution in [0.25, 0.3) is 0 Å². The average Bonchev–Trinajstić information content (AvgIpc) is 3.30. The number of amides is 2. The molecule has 3 rings (SSSR count). The summed E-state index contributed by atoms with van der Waals surface area (Å²) in [6, 6.07) is 0.297. The summed E-state index contributed by atoms with van der Waals surface area (Å²) in [5.74, 6) is 1.06. The summed E-state index contributed by atoms with van der Waals surface area (Å²) in [6.07, 6.45) is 6.33. The Balaban J connectivity index is 1.68. The Kier molecular flexibility index (Phi) is 5.13. The SMILES string of the molecule is CCCn1ncc(NC(=O)N(C)C2CCN(C)CC2C)c1C1CC1. The van der Waals surface area contributed by atoms with Gasteiger partial charge in [0, 0.05) is 32.1 Å². The molecule has 2 aliphatic rings. The number of hydrogen-bond acceptors (Lipinski definition) is 3. The fraction of sp³-hybridized carbons (Fsp3) is 0.778. The van der Waals surface area contributed by atoms with Crippen molar-refractivity contribution in [1.29, 1.82) is 0 Å². The predicted octanol–water partition coefficient (Wildman–Crippen LogP) is 2.97. The first kappa shape index (κ1) is 17.3. The molecule has 1 aromatic rings. The molecule has 0 radical (unpaired) electrons. The zero-order valence-electron chi connectivity index (χ0n) is 15.5. The number of carbonyl (C=O) groups excluding carboxylic acids is 1. The number of anilines is 1. The standard InChI is InChI=1S/C18H31N5O/c1-5-9-23-17(14-6-7-14)15(11-19-23)20-18(24)22(4)16-8-10-21(3)12-13(16)2/h11,13-14,16H,5-10,12H2,1-4H3,(H,20,24). The predicted molar refractivity (Wildman–Crippen MR) is 96.3 cm³/mol. The van der Waals surface area contributed by atoms with E-state index in [0.29, 0.717) is 17.9 Å². The number of aromatic nitrogens is 2. The zero-order valence-corrected chi connectivity index (χ0v) is 15.5. The Hall–Kier alpha value is -1.56. The molecule has 2 amide bonds. The fourth-order valence-corrected chi connectivity index (χ4v) is 3.94. The minimum absolute atomic E-state index is 0.00523. The average molecular weight is 333 g/mol. The molecule has 134 valence electrons. The van der Waals surface area contributed by atoms with E-state index in [4.69, 9.17) is 0 Å². The Morgan fingerprint density at radius 3 is 2.79 bits per heavy atom. The third-order valence-electron chi connectivity index (χ3n) is 5.40. The van der Waals surface area contributed by atoms with Crippen LogP contribution in [0.1, 0.15) is 51.1 Å². The van der Waals surface area contributed by atoms with Gasteiger partial charge in [-0.05, 0) is 45.2 Å². The number of piperidine rings is 1. The van der Waals surface area contributed by atoms with E-state index in [-0.39, 0.29) is 6.03 Å². The molecule has 1 aliphatic heterocycles. The quantitative estimate of drug-likeness (QED) is 0.901. The van der Waals surface area contributed by atoms with Crippen LogP contribution in [0.5, 0.6) is 0 Å². The second-order valence-corrected chi connectivity index (χ2v) is 7.58. The van der Waals surface area contributed by atoms with E-state index in [1.165, 1.54) is 18.5 Å². The summed E-state index contributed by atoms with van der Waals surface area (Å²) in [7, 11) is 4.08. The molecule has 1 saturated heterocycles. The van der Waals surface area contributed by atoms with E-state index in [9.17, 15) is 4.79 Å². The second kappa shape index (κ2) is 7.13. The first-order valence-electron chi connectivity index (χ1n) is 9.29. The molecule has 1 saturated carbocycles. The molecule has 2 fully saturated rings. The Labute approximate surface area is 145 Å². The summed E-state index contributed by atoms with van der Waals surface area (Å²) in [6.45, 7) is 7.41. The van der Waals surface area contributed by atoms with Crippen molar-refractivity contribution < 1.29 is 4.79 Å². The normalized spacial score (nSPS) is 24.8. The first-order valence-corrected chi connectivity index (χ1v) is 9.29. The van der Waals surface area contributed by atoms with Crippen molar-refractivity contribution in [3.8, 4) is 0 Å². The highest BCUT2D eigenvalue weighted by atomic mass is 16.2. The second-order valence-electron chi connectivity index (χ2n) is 7.58. The topological polar surface area (TPSA) is 53.4 Å². The van der Waals surface area contributed by atoms with Crippen LogP contribution < -0.4 is 5.32 Å². The van der Waals surface area contributed by atoms with E-state index in [2.05, 4.69) is 40.9 Å². The van der Waals surface area contributed by atoms with Gasteiger partial charge in [-0.15, -0.1) is 0 Å². The molecular weight excluding hydrogens is 302 g/mol. The van der Waals surface area contributed by atoms with Crippen molar-refractivity contribution >= 4 is 11.7 Å². The molecule has 24 heavy (non-hydrogen) atoms. The molecular formula is C18H31N5O. The van der Waals surface area contributed by atoms with Crippen LogP contribution in [-0.2, 0) is 6.54 Å². The number of hydrogen-bond donors (Lipinski definition) is 1. The van der Waals surface area contributed by atoms with E-state index in [0.717, 1.165) is 38.2 Å². The minimum atomic E-state index is -0.00523. The van der Waals surface area contributed by atoms with Gasteiger partial charge in [-0.25, -0.2) is 4.79 Å². The van der Waals surface area contributed by atoms with Crippen molar-refractivity contribution in [2.75, 3.05) is 32.5 Å². The molecule has 1 aliphatic carbocycles. The Morgan fingerprint density at radius 1 is 1.42 bits per heavy atom. The number of nitrogens with one attached hydrogen (secondary N) is 1. The molecule has 0 aromatic carbocycles. The van der Waals surface area contributed by atoms with Gasteiger partial charge < -0.3 is 15.1 Å². The van der Waals surface area contributed by atoms with Crippen molar-refractivity contribution in [3.05, 3.63) is 11.9 Å². The van der Waals surface area contributed by atoms with Crippen molar-refractivity contribution in [2.45, 2.75) is 58.0 Å². The summed E-state index contributed by atoms with van der Waals surface area (Å²) >= 11 is 0. The highest BCUT2D eigenvalue weighted by Crippen LogP contribution is 2.43. The van der Waals surface area contributed by atoms with E-state index >= 15 is 0 Å². The van der Waals surface area contributed by atoms with Gasteiger partial charge in [-0.2, -0.15) is 5.10 Å². The van der Waals surface area contributed by atoms with Crippen molar-refractivity contribution in [1.82, 2.24) is 19.6 Å². The first-order chi connectivity index (χ1) is 11.5. The highest BCUT2D eigenvalue weighted by molar-refractivity contribution is 5.90. The Bertz CT molecular complexity index is 580. The maximum atomic E-state index is 12.8. The van der Waals surface area contributed by atoms with E-state index < -0.39 is 0 Å². The van der Waals surface area contributed by atoms with Crippen LogP contribution in [0.2, 0.25) is 0 Å². The molecule has 6 nitrogen and oxygen atoms in total. The number of urea groups is 1. The third kappa shape index (κ3) is 3.58. The van der Waals surface area contributed by atoms with E-state index in [1.54, 1.807) is 0 Å². The molecule has 0 bridgehead atoms. The number of aryl methyl sites for hydroxylation is 1. The summed E-state index contributed by atoms with van der Waals surface area (Å²) in [5.41, 5.74) is 2.12. The number of rotatable bonds is 5. The van der Waals surface area contributed by atoms with Crippen LogP contribution in [0.15, 0.2) is 6.20 Å². The molecule has 6 heteroatoms. The van der Waals surface area contributed by atoms with E-state index in [1.807, 2.05) is 18.1 Å². The molecule has 2 unspecified atom stereocenters. The van der Waals surface area contributed by atoms with Gasteiger partial charge in [0.1, 0.15) is 0 Å². The molecule has 1 N–H and O–H groups in total. The number of carbonyl (C=O) groups is 1. The zero-order chi connectivity index (χ0) is 17.3. The maximum Gasteiger partial charge on any atom is 0.321 e. The summed E-state index contributed by atoms with van der Waals surface area (Å²) in [5, 5.41) is 7.62. The lowest BCUT2D eigenvalue weighted by Gasteiger charge is -2.39. The summed E-state index contributed by atoms with van der Waals surface area (Å²) < 4.78 is 2.07. The van der Waals surface area contributed by atoms with Crippen molar-refractivity contribution in [3.63, 3.8) is 0 Å². The third-order valence-corrected chi connectivity index (χ3v) is 5.40. The largest absolute Gasteiger partial charge is 0.324 e. The van der Waals surface area contributed by atoms with Gasteiger partial charge in [-0.1, -0.05) is 13.8 Å². The smallest absolute Gasteiger partial charge is 0.321 e. The van der Waals surface area contributed by atoms with Gasteiger partial charge in [0.2, 0.25) is 0 Å². The highest BCUT2D eigenvalue weighted by Gasteiger charge is 2.33. The minimum Gasteiger partial charge on any atom is -0.324 e. The van der Waals surface area contributed by atoms with Gasteiger partial charge in [0.25, 0.3) is 0 Å². The molecule has 2 heterocycles. The van der Waals surface area contributed by atoms with Crippen LogP contribution in [0.4, 0.5) is 10.5 Å². The van der Waals surface area contributed by atoms with Gasteiger partial charge in [0.05, 0.1) is 17.6 Å². The van der Waals surface area contributed by atoms with Crippen LogP contribution in [0, 0.1) is 5.92 Å². The summed E-state index contributed by atoms with van der Waals surface area (Å²) in [4.78, 5) is 17.0. The van der Waals surface area contributed by atoms with Gasteiger partial charge in [-0.3, -0.25) is 4.68 Å². The lowest BCUT2D eigenvalue weighted by Crippen LogP contribution is -2.50. The molecule has 0 spiro atoms. The lowest BCUT2D eigenvalue weighted by atomic mass is 9.93.